The first-order valence-electron chi connectivity index (χ1n) is 8.30. The Morgan fingerprint density at radius 1 is 1.20 bits per heavy atom. The van der Waals surface area contributed by atoms with Crippen molar-refractivity contribution in [3.63, 3.8) is 0 Å². The van der Waals surface area contributed by atoms with Crippen LogP contribution in [0.4, 0.5) is 0 Å². The van der Waals surface area contributed by atoms with E-state index in [2.05, 4.69) is 13.8 Å². The van der Waals surface area contributed by atoms with Crippen LogP contribution < -0.4 is 9.47 Å². The standard InChI is InChI=1S/C21H22O4/c1-21(2)13-12-17-19(25-21)11-9-16(20(17)24-3)18(23)10-6-14-4-7-15(22)8-5-14/h4-11,22H,12-13H2,1-3H3/b10-6+. The number of carbonyl (C=O) groups is 1. The molecule has 1 aliphatic heterocycles. The third-order valence-electron chi connectivity index (χ3n) is 4.37. The Kier molecular flexibility index (Phi) is 4.53. The van der Waals surface area contributed by atoms with Gasteiger partial charge in [0.05, 0.1) is 12.7 Å². The van der Waals surface area contributed by atoms with Crippen molar-refractivity contribution in [3.8, 4) is 17.2 Å². The molecule has 0 radical (unpaired) electrons. The van der Waals surface area contributed by atoms with Gasteiger partial charge >= 0.3 is 0 Å². The summed E-state index contributed by atoms with van der Waals surface area (Å²) < 4.78 is 11.5. The minimum atomic E-state index is -0.206. The smallest absolute Gasteiger partial charge is 0.189 e. The predicted octanol–water partition coefficient (Wildman–Crippen LogP) is 4.40. The number of phenols is 1. The molecule has 2 aromatic rings. The Balaban J connectivity index is 1.89. The Hall–Kier alpha value is -2.75. The maximum absolute atomic E-state index is 12.6. The first-order chi connectivity index (χ1) is 11.9. The van der Waals surface area contributed by atoms with Gasteiger partial charge in [-0.1, -0.05) is 18.2 Å². The van der Waals surface area contributed by atoms with Crippen molar-refractivity contribution >= 4 is 11.9 Å². The van der Waals surface area contributed by atoms with E-state index >= 15 is 0 Å². The summed E-state index contributed by atoms with van der Waals surface area (Å²) in [6.07, 6.45) is 4.93. The summed E-state index contributed by atoms with van der Waals surface area (Å²) in [6.45, 7) is 4.11. The zero-order valence-electron chi connectivity index (χ0n) is 14.7. The number of methoxy groups -OCH3 is 1. The average molecular weight is 338 g/mol. The highest BCUT2D eigenvalue weighted by Gasteiger charge is 2.30. The van der Waals surface area contributed by atoms with Crippen molar-refractivity contribution in [1.29, 1.82) is 0 Å². The van der Waals surface area contributed by atoms with Crippen molar-refractivity contribution in [2.24, 2.45) is 0 Å². The number of ether oxygens (including phenoxy) is 2. The largest absolute Gasteiger partial charge is 0.508 e. The fraction of sp³-hybridized carbons (Fsp3) is 0.286. The lowest BCUT2D eigenvalue weighted by atomic mass is 9.91. The van der Waals surface area contributed by atoms with Crippen molar-refractivity contribution in [2.45, 2.75) is 32.3 Å². The molecule has 1 heterocycles. The summed E-state index contributed by atoms with van der Waals surface area (Å²) in [5.74, 6) is 1.45. The quantitative estimate of drug-likeness (QED) is 0.663. The molecule has 0 bridgehead atoms. The van der Waals surface area contributed by atoms with Gasteiger partial charge in [0.25, 0.3) is 0 Å². The number of fused-ring (bicyclic) bond motifs is 1. The van der Waals surface area contributed by atoms with E-state index in [4.69, 9.17) is 9.47 Å². The number of benzene rings is 2. The topological polar surface area (TPSA) is 55.8 Å². The molecule has 0 saturated carbocycles. The first kappa shape index (κ1) is 17.1. The SMILES string of the molecule is COc1c(C(=O)/C=C/c2ccc(O)cc2)ccc2c1CCC(C)(C)O2. The van der Waals surface area contributed by atoms with E-state index in [-0.39, 0.29) is 17.1 Å². The third-order valence-corrected chi connectivity index (χ3v) is 4.37. The highest BCUT2D eigenvalue weighted by molar-refractivity contribution is 6.09. The molecule has 0 unspecified atom stereocenters. The van der Waals surface area contributed by atoms with Gasteiger partial charge in [0.2, 0.25) is 0 Å². The van der Waals surface area contributed by atoms with Crippen LogP contribution in [-0.4, -0.2) is 23.6 Å². The number of aromatic hydroxyl groups is 1. The summed E-state index contributed by atoms with van der Waals surface area (Å²) in [4.78, 5) is 12.6. The molecule has 0 aliphatic carbocycles. The van der Waals surface area contributed by atoms with Gasteiger partial charge in [0, 0.05) is 5.56 Å². The maximum atomic E-state index is 12.6. The van der Waals surface area contributed by atoms with E-state index < -0.39 is 0 Å². The molecule has 4 nitrogen and oxygen atoms in total. The van der Waals surface area contributed by atoms with Crippen molar-refractivity contribution in [1.82, 2.24) is 0 Å². The fourth-order valence-electron chi connectivity index (χ4n) is 2.99. The second kappa shape index (κ2) is 6.63. The van der Waals surface area contributed by atoms with E-state index in [1.807, 2.05) is 6.07 Å². The molecule has 1 N–H and O–H groups in total. The summed E-state index contributed by atoms with van der Waals surface area (Å²) in [5, 5.41) is 9.31. The monoisotopic (exact) mass is 338 g/mol. The lowest BCUT2D eigenvalue weighted by molar-refractivity contribution is 0.0835. The van der Waals surface area contributed by atoms with Crippen molar-refractivity contribution < 1.29 is 19.4 Å². The Bertz CT molecular complexity index is 817. The van der Waals surface area contributed by atoms with E-state index in [0.29, 0.717) is 11.3 Å². The normalized spacial score (nSPS) is 15.5. The highest BCUT2D eigenvalue weighted by Crippen LogP contribution is 2.40. The minimum absolute atomic E-state index is 0.127. The Labute approximate surface area is 147 Å². The van der Waals surface area contributed by atoms with Crippen LogP contribution in [-0.2, 0) is 6.42 Å². The zero-order valence-corrected chi connectivity index (χ0v) is 14.7. The summed E-state index contributed by atoms with van der Waals surface area (Å²) in [6, 6.07) is 10.3. The summed E-state index contributed by atoms with van der Waals surface area (Å²) in [5.41, 5.74) is 2.11. The van der Waals surface area contributed by atoms with Crippen LogP contribution >= 0.6 is 0 Å². The van der Waals surface area contributed by atoms with Crippen LogP contribution in [0.15, 0.2) is 42.5 Å². The van der Waals surface area contributed by atoms with Crippen molar-refractivity contribution in [2.75, 3.05) is 7.11 Å². The van der Waals surface area contributed by atoms with E-state index in [1.165, 1.54) is 6.08 Å². The zero-order chi connectivity index (χ0) is 18.0. The molecule has 3 rings (SSSR count). The lowest BCUT2D eigenvalue weighted by Gasteiger charge is -2.33. The number of allylic oxidation sites excluding steroid dienone is 1. The van der Waals surface area contributed by atoms with E-state index in [9.17, 15) is 9.90 Å². The molecule has 4 heteroatoms. The number of carbonyl (C=O) groups excluding carboxylic acids is 1. The molecule has 1 aliphatic rings. The molecule has 0 aromatic heterocycles. The lowest BCUT2D eigenvalue weighted by Crippen LogP contribution is -2.32. The Morgan fingerprint density at radius 2 is 1.92 bits per heavy atom. The number of rotatable bonds is 4. The second-order valence-corrected chi connectivity index (χ2v) is 6.77. The number of ketones is 1. The molecule has 2 aromatic carbocycles. The van der Waals surface area contributed by atoms with Crippen LogP contribution in [0.3, 0.4) is 0 Å². The van der Waals surface area contributed by atoms with Crippen LogP contribution in [0, 0.1) is 0 Å². The second-order valence-electron chi connectivity index (χ2n) is 6.77. The van der Waals surface area contributed by atoms with Gasteiger partial charge in [-0.15, -0.1) is 0 Å². The van der Waals surface area contributed by atoms with Gasteiger partial charge in [-0.05, 0) is 62.6 Å². The molecule has 130 valence electrons. The van der Waals surface area contributed by atoms with Crippen LogP contribution in [0.5, 0.6) is 17.2 Å². The molecular formula is C21H22O4. The van der Waals surface area contributed by atoms with Gasteiger partial charge in [0.15, 0.2) is 5.78 Å². The average Bonchev–Trinajstić information content (AvgIpc) is 2.59. The van der Waals surface area contributed by atoms with Crippen molar-refractivity contribution in [3.05, 3.63) is 59.2 Å². The van der Waals surface area contributed by atoms with Crippen LogP contribution in [0.25, 0.3) is 6.08 Å². The maximum Gasteiger partial charge on any atom is 0.189 e. The minimum Gasteiger partial charge on any atom is -0.508 e. The first-order valence-corrected chi connectivity index (χ1v) is 8.30. The van der Waals surface area contributed by atoms with Gasteiger partial charge in [-0.25, -0.2) is 0 Å². The highest BCUT2D eigenvalue weighted by atomic mass is 16.5. The number of phenolic OH excluding ortho intramolecular Hbond substituents is 1. The molecule has 0 saturated heterocycles. The van der Waals surface area contributed by atoms with E-state index in [1.54, 1.807) is 43.5 Å². The van der Waals surface area contributed by atoms with Gasteiger partial charge in [-0.3, -0.25) is 4.79 Å². The van der Waals surface area contributed by atoms with E-state index in [0.717, 1.165) is 29.7 Å². The molecular weight excluding hydrogens is 316 g/mol. The van der Waals surface area contributed by atoms with Crippen LogP contribution in [0.1, 0.15) is 41.8 Å². The molecule has 25 heavy (non-hydrogen) atoms. The number of hydrogen-bond acceptors (Lipinski definition) is 4. The molecule has 0 atom stereocenters. The Morgan fingerprint density at radius 3 is 2.60 bits per heavy atom. The van der Waals surface area contributed by atoms with Gasteiger partial charge in [-0.2, -0.15) is 0 Å². The van der Waals surface area contributed by atoms with Crippen LogP contribution in [0.2, 0.25) is 0 Å². The summed E-state index contributed by atoms with van der Waals surface area (Å²) >= 11 is 0. The van der Waals surface area contributed by atoms with Gasteiger partial charge in [0.1, 0.15) is 22.8 Å². The molecule has 0 amide bonds. The molecule has 0 spiro atoms. The summed E-state index contributed by atoms with van der Waals surface area (Å²) in [7, 11) is 1.58. The predicted molar refractivity (Wildman–Crippen MR) is 97.5 cm³/mol. The van der Waals surface area contributed by atoms with Gasteiger partial charge < -0.3 is 14.6 Å². The molecule has 0 fully saturated rings. The fourth-order valence-corrected chi connectivity index (χ4v) is 2.99. The number of hydrogen-bond donors (Lipinski definition) is 1. The third kappa shape index (κ3) is 3.68.